The van der Waals surface area contributed by atoms with Gasteiger partial charge in [-0.25, -0.2) is 4.98 Å². The molecule has 1 aromatic carbocycles. The van der Waals surface area contributed by atoms with E-state index in [9.17, 15) is 0 Å². The first kappa shape index (κ1) is 15.2. The predicted molar refractivity (Wildman–Crippen MR) is 89.4 cm³/mol. The molecule has 21 heavy (non-hydrogen) atoms. The second-order valence-corrected chi connectivity index (χ2v) is 7.78. The second-order valence-electron chi connectivity index (χ2n) is 5.39. The van der Waals surface area contributed by atoms with E-state index < -0.39 is 0 Å². The lowest BCUT2D eigenvalue weighted by molar-refractivity contribution is 0.181. The summed E-state index contributed by atoms with van der Waals surface area (Å²) in [5.74, 6) is 0.663. The van der Waals surface area contributed by atoms with E-state index >= 15 is 0 Å². The Morgan fingerprint density at radius 3 is 2.90 bits per heavy atom. The van der Waals surface area contributed by atoms with Gasteiger partial charge in [0.15, 0.2) is 3.92 Å². The molecule has 2 aromatic rings. The first-order valence-electron chi connectivity index (χ1n) is 7.27. The van der Waals surface area contributed by atoms with Gasteiger partial charge in [0.25, 0.3) is 0 Å². The molecule has 2 heterocycles. The molecule has 1 fully saturated rings. The molecule has 5 heteroatoms. The van der Waals surface area contributed by atoms with Gasteiger partial charge >= 0.3 is 0 Å². The number of nitrogens with one attached hydrogen (secondary N) is 1. The summed E-state index contributed by atoms with van der Waals surface area (Å²) in [5.41, 5.74) is 1.35. The highest BCUT2D eigenvalue weighted by Crippen LogP contribution is 2.27. The minimum atomic E-state index is 0.374. The summed E-state index contributed by atoms with van der Waals surface area (Å²) in [4.78, 5) is 5.50. The van der Waals surface area contributed by atoms with Crippen LogP contribution < -0.4 is 5.32 Å². The Labute approximate surface area is 137 Å². The number of rotatable bonds is 6. The second kappa shape index (κ2) is 7.49. The SMILES string of the molecule is Brc1ncc(CN[C@@H](C[C@@H]2CCOC2)c2ccccc2)s1. The van der Waals surface area contributed by atoms with Gasteiger partial charge < -0.3 is 10.1 Å². The number of aromatic nitrogens is 1. The maximum absolute atomic E-state index is 5.52. The third-order valence-corrected chi connectivity index (χ3v) is 5.32. The van der Waals surface area contributed by atoms with Gasteiger partial charge in [-0.15, -0.1) is 11.3 Å². The number of ether oxygens (including phenoxy) is 1. The van der Waals surface area contributed by atoms with Crippen LogP contribution in [0, 0.1) is 5.92 Å². The summed E-state index contributed by atoms with van der Waals surface area (Å²) in [6, 6.07) is 11.1. The van der Waals surface area contributed by atoms with E-state index in [1.165, 1.54) is 16.9 Å². The third kappa shape index (κ3) is 4.36. The van der Waals surface area contributed by atoms with Crippen LogP contribution in [-0.2, 0) is 11.3 Å². The van der Waals surface area contributed by atoms with Crippen LogP contribution in [0.3, 0.4) is 0 Å². The standard InChI is InChI=1S/C16H19BrN2OS/c17-16-19-10-14(21-16)9-18-15(8-12-6-7-20-11-12)13-4-2-1-3-5-13/h1-5,10,12,15,18H,6-9,11H2/t12-,15-/m0/s1. The fraction of sp³-hybridized carbons (Fsp3) is 0.438. The molecule has 1 aliphatic rings. The summed E-state index contributed by atoms with van der Waals surface area (Å²) in [7, 11) is 0. The first-order chi connectivity index (χ1) is 10.3. The molecule has 112 valence electrons. The van der Waals surface area contributed by atoms with E-state index in [0.717, 1.165) is 30.1 Å². The molecule has 0 bridgehead atoms. The van der Waals surface area contributed by atoms with Crippen LogP contribution in [0.25, 0.3) is 0 Å². The topological polar surface area (TPSA) is 34.2 Å². The Morgan fingerprint density at radius 2 is 2.24 bits per heavy atom. The molecule has 1 saturated heterocycles. The molecule has 0 aliphatic carbocycles. The van der Waals surface area contributed by atoms with Crippen molar-refractivity contribution in [2.45, 2.75) is 25.4 Å². The van der Waals surface area contributed by atoms with Gasteiger partial charge in [0.1, 0.15) is 0 Å². The zero-order valence-electron chi connectivity index (χ0n) is 11.8. The van der Waals surface area contributed by atoms with Crippen molar-refractivity contribution in [1.29, 1.82) is 0 Å². The normalized spacial score (nSPS) is 19.8. The average Bonchev–Trinajstić information content (AvgIpc) is 3.16. The molecular formula is C16H19BrN2OS. The maximum atomic E-state index is 5.52. The van der Waals surface area contributed by atoms with Crippen LogP contribution in [0.2, 0.25) is 0 Å². The fourth-order valence-corrected chi connectivity index (χ4v) is 4.02. The minimum Gasteiger partial charge on any atom is -0.381 e. The molecule has 0 radical (unpaired) electrons. The van der Waals surface area contributed by atoms with Gasteiger partial charge in [-0.1, -0.05) is 30.3 Å². The maximum Gasteiger partial charge on any atom is 0.159 e. The molecule has 0 amide bonds. The number of thiazole rings is 1. The molecular weight excluding hydrogens is 348 g/mol. The van der Waals surface area contributed by atoms with Crippen LogP contribution in [0.15, 0.2) is 40.4 Å². The molecule has 0 spiro atoms. The minimum absolute atomic E-state index is 0.374. The highest BCUT2D eigenvalue weighted by atomic mass is 79.9. The van der Waals surface area contributed by atoms with Crippen molar-refractivity contribution >= 4 is 27.3 Å². The van der Waals surface area contributed by atoms with Gasteiger partial charge in [-0.05, 0) is 40.3 Å². The van der Waals surface area contributed by atoms with E-state index in [-0.39, 0.29) is 0 Å². The van der Waals surface area contributed by atoms with Crippen LogP contribution in [0.1, 0.15) is 29.3 Å². The molecule has 1 aromatic heterocycles. The Bertz CT molecular complexity index is 554. The number of hydrogen-bond acceptors (Lipinski definition) is 4. The lowest BCUT2D eigenvalue weighted by Crippen LogP contribution is -2.23. The number of benzene rings is 1. The number of halogens is 1. The Morgan fingerprint density at radius 1 is 1.38 bits per heavy atom. The smallest absolute Gasteiger partial charge is 0.159 e. The first-order valence-corrected chi connectivity index (χ1v) is 8.88. The van der Waals surface area contributed by atoms with E-state index in [2.05, 4.69) is 56.6 Å². The molecule has 0 unspecified atom stereocenters. The molecule has 3 rings (SSSR count). The van der Waals surface area contributed by atoms with Gasteiger partial charge in [0.05, 0.1) is 0 Å². The van der Waals surface area contributed by atoms with Crippen molar-refractivity contribution in [3.05, 3.63) is 50.9 Å². The average molecular weight is 367 g/mol. The van der Waals surface area contributed by atoms with Gasteiger partial charge in [-0.2, -0.15) is 0 Å². The largest absolute Gasteiger partial charge is 0.381 e. The molecule has 1 N–H and O–H groups in total. The highest BCUT2D eigenvalue weighted by molar-refractivity contribution is 9.11. The summed E-state index contributed by atoms with van der Waals surface area (Å²) in [5, 5.41) is 3.69. The van der Waals surface area contributed by atoms with Crippen LogP contribution >= 0.6 is 27.3 Å². The van der Waals surface area contributed by atoms with Gasteiger partial charge in [-0.3, -0.25) is 0 Å². The fourth-order valence-electron chi connectivity index (χ4n) is 2.71. The van der Waals surface area contributed by atoms with Crippen molar-refractivity contribution in [2.24, 2.45) is 5.92 Å². The monoisotopic (exact) mass is 366 g/mol. The molecule has 1 aliphatic heterocycles. The van der Waals surface area contributed by atoms with Crippen molar-refractivity contribution in [1.82, 2.24) is 10.3 Å². The van der Waals surface area contributed by atoms with E-state index in [1.54, 1.807) is 11.3 Å². The van der Waals surface area contributed by atoms with Crippen LogP contribution in [-0.4, -0.2) is 18.2 Å². The number of hydrogen-bond donors (Lipinski definition) is 1. The summed E-state index contributed by atoms with van der Waals surface area (Å²) in [6.07, 6.45) is 4.24. The van der Waals surface area contributed by atoms with Crippen molar-refractivity contribution < 1.29 is 4.74 Å². The van der Waals surface area contributed by atoms with Gasteiger partial charge in [0, 0.05) is 36.9 Å². The lowest BCUT2D eigenvalue weighted by Gasteiger charge is -2.21. The van der Waals surface area contributed by atoms with Gasteiger partial charge in [0.2, 0.25) is 0 Å². The summed E-state index contributed by atoms with van der Waals surface area (Å²) < 4.78 is 6.46. The number of nitrogens with zero attached hydrogens (tertiary/aromatic N) is 1. The van der Waals surface area contributed by atoms with Crippen molar-refractivity contribution in [3.63, 3.8) is 0 Å². The van der Waals surface area contributed by atoms with E-state index in [1.807, 2.05) is 6.20 Å². The van der Waals surface area contributed by atoms with Crippen LogP contribution in [0.4, 0.5) is 0 Å². The Hall–Kier alpha value is -0.750. The predicted octanol–water partition coefficient (Wildman–Crippen LogP) is 4.16. The third-order valence-electron chi connectivity index (χ3n) is 3.84. The Balaban J connectivity index is 1.66. The quantitative estimate of drug-likeness (QED) is 0.832. The van der Waals surface area contributed by atoms with Crippen LogP contribution in [0.5, 0.6) is 0 Å². The van der Waals surface area contributed by atoms with E-state index in [4.69, 9.17) is 4.74 Å². The summed E-state index contributed by atoms with van der Waals surface area (Å²) in [6.45, 7) is 2.67. The van der Waals surface area contributed by atoms with Crippen molar-refractivity contribution in [2.75, 3.05) is 13.2 Å². The Kier molecular flexibility index (Phi) is 5.41. The van der Waals surface area contributed by atoms with E-state index in [0.29, 0.717) is 12.0 Å². The molecule has 3 nitrogen and oxygen atoms in total. The molecule has 0 saturated carbocycles. The highest BCUT2D eigenvalue weighted by Gasteiger charge is 2.21. The molecule has 2 atom stereocenters. The summed E-state index contributed by atoms with van der Waals surface area (Å²) >= 11 is 5.10. The zero-order valence-corrected chi connectivity index (χ0v) is 14.2. The lowest BCUT2D eigenvalue weighted by atomic mass is 9.94. The van der Waals surface area contributed by atoms with Crippen molar-refractivity contribution in [3.8, 4) is 0 Å². The zero-order chi connectivity index (χ0) is 14.5.